The molecular weight excluding hydrogens is 505 g/mol. The third-order valence-electron chi connectivity index (χ3n) is 7.65. The largest absolute Gasteiger partial charge is 0.493 e. The summed E-state index contributed by atoms with van der Waals surface area (Å²) in [6, 6.07) is 14.3. The van der Waals surface area contributed by atoms with Crippen LogP contribution in [0, 0.1) is 23.2 Å². The number of benzene rings is 2. The highest BCUT2D eigenvalue weighted by atomic mass is 35.5. The number of sulfonamides is 1. The van der Waals surface area contributed by atoms with Crippen molar-refractivity contribution in [1.29, 1.82) is 5.26 Å². The Kier molecular flexibility index (Phi) is 8.30. The Bertz CT molecular complexity index is 1180. The molecule has 0 radical (unpaired) electrons. The van der Waals surface area contributed by atoms with E-state index in [0.29, 0.717) is 28.3 Å². The van der Waals surface area contributed by atoms with Gasteiger partial charge in [0, 0.05) is 41.6 Å². The van der Waals surface area contributed by atoms with E-state index >= 15 is 0 Å². The summed E-state index contributed by atoms with van der Waals surface area (Å²) >= 11 is 5.88. The molecule has 1 saturated heterocycles. The van der Waals surface area contributed by atoms with Gasteiger partial charge in [-0.05, 0) is 87.0 Å². The van der Waals surface area contributed by atoms with Crippen molar-refractivity contribution in [2.45, 2.75) is 49.0 Å². The molecule has 0 aromatic heterocycles. The van der Waals surface area contributed by atoms with Crippen LogP contribution in [-0.2, 0) is 10.0 Å². The fraction of sp³-hybridized carbons (Fsp3) is 0.500. The number of nitriles is 1. The van der Waals surface area contributed by atoms with Crippen molar-refractivity contribution in [2.75, 3.05) is 26.2 Å². The Morgan fingerprint density at radius 2 is 1.83 bits per heavy atom. The lowest BCUT2D eigenvalue weighted by molar-refractivity contribution is 0.208. The van der Waals surface area contributed by atoms with Crippen molar-refractivity contribution in [1.82, 2.24) is 9.62 Å². The molecule has 188 valence electrons. The SMILES string of the molecule is Cl.N#Cc1ccc2c(c1)[C@@H]1CN(CC[C@H]3CC[C@H](NS(=O)(=O)c4ccc(Cl)cc4)CC3)C[C@H]1CO2. The minimum absolute atomic E-state index is 0. The van der Waals surface area contributed by atoms with E-state index in [1.165, 1.54) is 5.56 Å². The number of ether oxygens (including phenoxy) is 1. The molecule has 0 bridgehead atoms. The van der Waals surface area contributed by atoms with Crippen LogP contribution in [0.25, 0.3) is 0 Å². The fourth-order valence-electron chi connectivity index (χ4n) is 5.74. The summed E-state index contributed by atoms with van der Waals surface area (Å²) < 4.78 is 34.2. The van der Waals surface area contributed by atoms with Crippen molar-refractivity contribution in [3.63, 3.8) is 0 Å². The summed E-state index contributed by atoms with van der Waals surface area (Å²) in [5.41, 5.74) is 1.89. The number of halogens is 2. The number of fused-ring (bicyclic) bond motifs is 3. The van der Waals surface area contributed by atoms with Crippen molar-refractivity contribution in [3.05, 3.63) is 58.6 Å². The van der Waals surface area contributed by atoms with Gasteiger partial charge in [0.1, 0.15) is 5.75 Å². The molecule has 2 aliphatic heterocycles. The summed E-state index contributed by atoms with van der Waals surface area (Å²) in [5, 5.41) is 9.79. The highest BCUT2D eigenvalue weighted by Gasteiger charge is 2.39. The van der Waals surface area contributed by atoms with Crippen LogP contribution in [0.5, 0.6) is 5.75 Å². The van der Waals surface area contributed by atoms with E-state index in [-0.39, 0.29) is 23.3 Å². The smallest absolute Gasteiger partial charge is 0.240 e. The van der Waals surface area contributed by atoms with Gasteiger partial charge in [-0.15, -0.1) is 12.4 Å². The molecule has 1 aliphatic carbocycles. The van der Waals surface area contributed by atoms with Crippen LogP contribution in [0.2, 0.25) is 5.02 Å². The zero-order chi connectivity index (χ0) is 23.7. The standard InChI is InChI=1S/C26H30ClN3O3S.ClH/c27-21-4-8-23(9-5-21)34(31,32)29-22-6-1-18(2-7-22)11-12-30-15-20-17-33-26-10-3-19(14-28)13-24(26)25(20)16-30;/h3-5,8-10,13,18,20,22,25,29H,1-2,6-7,11-12,15-17H2;1H/t18-,20-,22-,25+;/m0./s1. The summed E-state index contributed by atoms with van der Waals surface area (Å²) in [4.78, 5) is 2.81. The second-order valence-electron chi connectivity index (χ2n) is 9.88. The third kappa shape index (κ3) is 5.95. The normalized spacial score (nSPS) is 26.1. The Labute approximate surface area is 219 Å². The number of nitrogens with zero attached hydrogens (tertiary/aromatic N) is 2. The van der Waals surface area contributed by atoms with E-state index < -0.39 is 10.0 Å². The van der Waals surface area contributed by atoms with Crippen LogP contribution in [-0.4, -0.2) is 45.6 Å². The Morgan fingerprint density at radius 1 is 1.09 bits per heavy atom. The molecule has 2 heterocycles. The third-order valence-corrected chi connectivity index (χ3v) is 9.44. The molecule has 6 nitrogen and oxygen atoms in total. The molecule has 3 aliphatic rings. The van der Waals surface area contributed by atoms with Gasteiger partial charge in [0.15, 0.2) is 0 Å². The van der Waals surface area contributed by atoms with Gasteiger partial charge in [-0.25, -0.2) is 13.1 Å². The van der Waals surface area contributed by atoms with E-state index in [9.17, 15) is 13.7 Å². The van der Waals surface area contributed by atoms with Gasteiger partial charge in [0.05, 0.1) is 23.1 Å². The van der Waals surface area contributed by atoms with Crippen molar-refractivity contribution in [2.24, 2.45) is 11.8 Å². The Hall–Kier alpha value is -1.82. The first-order valence-electron chi connectivity index (χ1n) is 12.1. The first-order chi connectivity index (χ1) is 16.4. The van der Waals surface area contributed by atoms with Gasteiger partial charge in [-0.2, -0.15) is 5.26 Å². The number of likely N-dealkylation sites (tertiary alicyclic amines) is 1. The van der Waals surface area contributed by atoms with Gasteiger partial charge in [0.2, 0.25) is 10.0 Å². The maximum Gasteiger partial charge on any atom is 0.240 e. The first-order valence-corrected chi connectivity index (χ1v) is 13.9. The van der Waals surface area contributed by atoms with Crippen molar-refractivity contribution in [3.8, 4) is 11.8 Å². The van der Waals surface area contributed by atoms with Crippen LogP contribution in [0.1, 0.15) is 49.1 Å². The number of rotatable bonds is 6. The number of nitrogens with one attached hydrogen (secondary N) is 1. The monoisotopic (exact) mass is 535 g/mol. The number of hydrogen-bond acceptors (Lipinski definition) is 5. The lowest BCUT2D eigenvalue weighted by Crippen LogP contribution is -2.38. The molecule has 1 N–H and O–H groups in total. The van der Waals surface area contributed by atoms with Crippen molar-refractivity contribution < 1.29 is 13.2 Å². The summed E-state index contributed by atoms with van der Waals surface area (Å²) in [7, 11) is -3.51. The first kappa shape index (κ1) is 26.2. The zero-order valence-corrected chi connectivity index (χ0v) is 21.9. The van der Waals surface area contributed by atoms with Crippen LogP contribution < -0.4 is 9.46 Å². The molecule has 5 rings (SSSR count). The molecule has 2 aromatic carbocycles. The van der Waals surface area contributed by atoms with Gasteiger partial charge in [-0.3, -0.25) is 0 Å². The molecular formula is C26H31Cl2N3O3S. The van der Waals surface area contributed by atoms with Crippen LogP contribution >= 0.6 is 24.0 Å². The topological polar surface area (TPSA) is 82.4 Å². The summed E-state index contributed by atoms with van der Waals surface area (Å²) in [5.74, 6) is 2.49. The van der Waals surface area contributed by atoms with Gasteiger partial charge in [0.25, 0.3) is 0 Å². The number of hydrogen-bond donors (Lipinski definition) is 1. The molecule has 9 heteroatoms. The Morgan fingerprint density at radius 3 is 2.54 bits per heavy atom. The predicted molar refractivity (Wildman–Crippen MR) is 139 cm³/mol. The Balaban J connectivity index is 0.00000289. The van der Waals surface area contributed by atoms with Gasteiger partial charge in [-0.1, -0.05) is 11.6 Å². The molecule has 35 heavy (non-hydrogen) atoms. The quantitative estimate of drug-likeness (QED) is 0.564. The molecule has 0 amide bonds. The molecule has 2 aromatic rings. The maximum absolute atomic E-state index is 12.7. The highest BCUT2D eigenvalue weighted by Crippen LogP contribution is 2.42. The molecule has 2 atom stereocenters. The molecule has 1 saturated carbocycles. The highest BCUT2D eigenvalue weighted by molar-refractivity contribution is 7.89. The lowest BCUT2D eigenvalue weighted by Gasteiger charge is -2.30. The van der Waals surface area contributed by atoms with E-state index in [2.05, 4.69) is 15.7 Å². The van der Waals surface area contributed by atoms with Crippen LogP contribution in [0.3, 0.4) is 0 Å². The van der Waals surface area contributed by atoms with Crippen molar-refractivity contribution >= 4 is 34.0 Å². The predicted octanol–water partition coefficient (Wildman–Crippen LogP) is 4.97. The van der Waals surface area contributed by atoms with E-state index in [1.54, 1.807) is 24.3 Å². The minimum atomic E-state index is -3.51. The lowest BCUT2D eigenvalue weighted by atomic mass is 9.84. The fourth-order valence-corrected chi connectivity index (χ4v) is 7.17. The molecule has 0 unspecified atom stereocenters. The van der Waals surface area contributed by atoms with Gasteiger partial charge < -0.3 is 9.64 Å². The summed E-state index contributed by atoms with van der Waals surface area (Å²) in [6.07, 6.45) is 4.99. The van der Waals surface area contributed by atoms with E-state index in [1.807, 2.05) is 18.2 Å². The average molecular weight is 537 g/mol. The average Bonchev–Trinajstić information content (AvgIpc) is 3.27. The second kappa shape index (κ2) is 11.1. The maximum atomic E-state index is 12.7. The second-order valence-corrected chi connectivity index (χ2v) is 12.0. The minimum Gasteiger partial charge on any atom is -0.493 e. The summed E-state index contributed by atoms with van der Waals surface area (Å²) in [6.45, 7) is 3.87. The van der Waals surface area contributed by atoms with Crippen LogP contribution in [0.15, 0.2) is 47.4 Å². The van der Waals surface area contributed by atoms with Gasteiger partial charge >= 0.3 is 0 Å². The van der Waals surface area contributed by atoms with Crippen LogP contribution in [0.4, 0.5) is 0 Å². The zero-order valence-electron chi connectivity index (χ0n) is 19.5. The molecule has 0 spiro atoms. The molecule has 2 fully saturated rings. The van der Waals surface area contributed by atoms with E-state index in [0.717, 1.165) is 64.1 Å². The van der Waals surface area contributed by atoms with E-state index in [4.69, 9.17) is 16.3 Å².